The van der Waals surface area contributed by atoms with E-state index in [-0.39, 0.29) is 23.8 Å². The van der Waals surface area contributed by atoms with E-state index in [1.54, 1.807) is 60.7 Å². The van der Waals surface area contributed by atoms with Crippen molar-refractivity contribution in [3.05, 3.63) is 88.5 Å². The number of nitrogens with one attached hydrogen (secondary N) is 2. The molecule has 4 rings (SSSR count). The number of barbiturate groups is 1. The standard InChI is InChI=1S/C27H22ClN3O6/c1-16(32)29-20-7-9-22(10-8-20)37-15-18-12-17(6-11-24(18)36-2)13-23-25(33)30-27(35)31(26(23)34)21-5-3-4-19(28)14-21/h3-14H,15H2,1-2H3,(H,29,32)(H,30,33,35)/b23-13+. The fraction of sp³-hybridized carbons (Fsp3) is 0.111. The van der Waals surface area contributed by atoms with Crippen molar-refractivity contribution in [1.29, 1.82) is 0 Å². The molecule has 1 fully saturated rings. The van der Waals surface area contributed by atoms with Crippen LogP contribution in [0.25, 0.3) is 6.08 Å². The van der Waals surface area contributed by atoms with Gasteiger partial charge >= 0.3 is 6.03 Å². The van der Waals surface area contributed by atoms with Gasteiger partial charge in [-0.25, -0.2) is 9.69 Å². The lowest BCUT2D eigenvalue weighted by atomic mass is 10.0. The van der Waals surface area contributed by atoms with Crippen LogP contribution in [0.15, 0.2) is 72.3 Å². The maximum atomic E-state index is 13.1. The summed E-state index contributed by atoms with van der Waals surface area (Å²) < 4.78 is 11.3. The first-order chi connectivity index (χ1) is 17.7. The Balaban J connectivity index is 1.57. The average molecular weight is 520 g/mol. The van der Waals surface area contributed by atoms with Gasteiger partial charge in [0, 0.05) is 23.2 Å². The van der Waals surface area contributed by atoms with E-state index in [2.05, 4.69) is 10.6 Å². The van der Waals surface area contributed by atoms with Gasteiger partial charge in [0.1, 0.15) is 23.7 Å². The average Bonchev–Trinajstić information content (AvgIpc) is 2.86. The van der Waals surface area contributed by atoms with Crippen LogP contribution in [-0.4, -0.2) is 30.9 Å². The number of hydrogen-bond donors (Lipinski definition) is 2. The molecule has 188 valence electrons. The molecule has 0 atom stereocenters. The van der Waals surface area contributed by atoms with Gasteiger partial charge in [0.25, 0.3) is 11.8 Å². The van der Waals surface area contributed by atoms with E-state index in [0.29, 0.717) is 33.3 Å². The van der Waals surface area contributed by atoms with Crippen molar-refractivity contribution in [3.63, 3.8) is 0 Å². The van der Waals surface area contributed by atoms with Gasteiger partial charge in [-0.05, 0) is 66.2 Å². The normalized spacial score (nSPS) is 14.4. The van der Waals surface area contributed by atoms with Crippen molar-refractivity contribution in [2.75, 3.05) is 17.3 Å². The molecule has 2 N–H and O–H groups in total. The van der Waals surface area contributed by atoms with Gasteiger partial charge in [-0.1, -0.05) is 23.7 Å². The summed E-state index contributed by atoms with van der Waals surface area (Å²) in [6.45, 7) is 1.56. The third-order valence-corrected chi connectivity index (χ3v) is 5.59. The quantitative estimate of drug-likeness (QED) is 0.349. The third kappa shape index (κ3) is 5.96. The van der Waals surface area contributed by atoms with E-state index in [9.17, 15) is 19.2 Å². The van der Waals surface area contributed by atoms with Gasteiger partial charge in [0.2, 0.25) is 5.91 Å². The number of carbonyl (C=O) groups excluding carboxylic acids is 4. The molecule has 0 aliphatic carbocycles. The smallest absolute Gasteiger partial charge is 0.335 e. The lowest BCUT2D eigenvalue weighted by molar-refractivity contribution is -0.122. The van der Waals surface area contributed by atoms with Crippen LogP contribution in [0.4, 0.5) is 16.2 Å². The summed E-state index contributed by atoms with van der Waals surface area (Å²) in [5.41, 5.74) is 1.85. The highest BCUT2D eigenvalue weighted by atomic mass is 35.5. The predicted molar refractivity (Wildman–Crippen MR) is 139 cm³/mol. The monoisotopic (exact) mass is 519 g/mol. The number of methoxy groups -OCH3 is 1. The molecule has 1 saturated heterocycles. The molecule has 9 nitrogen and oxygen atoms in total. The van der Waals surface area contributed by atoms with Crippen LogP contribution in [0.2, 0.25) is 5.02 Å². The number of nitrogens with zero attached hydrogens (tertiary/aromatic N) is 1. The van der Waals surface area contributed by atoms with Crippen molar-refractivity contribution in [2.24, 2.45) is 0 Å². The molecule has 1 aliphatic rings. The molecule has 0 spiro atoms. The molecular weight excluding hydrogens is 498 g/mol. The summed E-state index contributed by atoms with van der Waals surface area (Å²) in [7, 11) is 1.52. The molecule has 0 saturated carbocycles. The second-order valence-corrected chi connectivity index (χ2v) is 8.44. The number of urea groups is 1. The highest BCUT2D eigenvalue weighted by Gasteiger charge is 2.36. The van der Waals surface area contributed by atoms with E-state index < -0.39 is 17.8 Å². The minimum absolute atomic E-state index is 0.132. The highest BCUT2D eigenvalue weighted by Crippen LogP contribution is 2.27. The molecule has 0 unspecified atom stereocenters. The van der Waals surface area contributed by atoms with Gasteiger partial charge in [-0.3, -0.25) is 19.7 Å². The Morgan fingerprint density at radius 3 is 2.49 bits per heavy atom. The topological polar surface area (TPSA) is 114 Å². The fourth-order valence-electron chi connectivity index (χ4n) is 3.67. The fourth-order valence-corrected chi connectivity index (χ4v) is 3.86. The Morgan fingerprint density at radius 1 is 1.05 bits per heavy atom. The zero-order valence-corrected chi connectivity index (χ0v) is 20.7. The lowest BCUT2D eigenvalue weighted by Gasteiger charge is -2.26. The Bertz CT molecular complexity index is 1420. The van der Waals surface area contributed by atoms with Crippen molar-refractivity contribution >= 4 is 52.8 Å². The summed E-state index contributed by atoms with van der Waals surface area (Å²) in [6, 6.07) is 17.3. The first kappa shape index (κ1) is 25.5. The number of amides is 5. The van der Waals surface area contributed by atoms with Crippen molar-refractivity contribution < 1.29 is 28.7 Å². The summed E-state index contributed by atoms with van der Waals surface area (Å²) in [5, 5.41) is 5.21. The SMILES string of the molecule is COc1ccc(/C=C2\C(=O)NC(=O)N(c3cccc(Cl)c3)C2=O)cc1COc1ccc(NC(C)=O)cc1. The first-order valence-corrected chi connectivity index (χ1v) is 11.5. The summed E-state index contributed by atoms with van der Waals surface area (Å²) in [6.07, 6.45) is 1.40. The molecule has 10 heteroatoms. The number of imide groups is 2. The van der Waals surface area contributed by atoms with E-state index in [0.717, 1.165) is 4.90 Å². The zero-order chi connectivity index (χ0) is 26.5. The number of halogens is 1. The Hall–Kier alpha value is -4.63. The van der Waals surface area contributed by atoms with Crippen LogP contribution >= 0.6 is 11.6 Å². The van der Waals surface area contributed by atoms with Crippen molar-refractivity contribution in [2.45, 2.75) is 13.5 Å². The van der Waals surface area contributed by atoms with Crippen LogP contribution < -0.4 is 25.0 Å². The van der Waals surface area contributed by atoms with Gasteiger partial charge in [-0.15, -0.1) is 0 Å². The third-order valence-electron chi connectivity index (χ3n) is 5.35. The molecule has 5 amide bonds. The maximum Gasteiger partial charge on any atom is 0.335 e. The van der Waals surface area contributed by atoms with Crippen LogP contribution in [0.1, 0.15) is 18.1 Å². The predicted octanol–water partition coefficient (Wildman–Crippen LogP) is 4.55. The summed E-state index contributed by atoms with van der Waals surface area (Å²) in [4.78, 5) is 50.1. The molecule has 0 bridgehead atoms. The Kier molecular flexibility index (Phi) is 7.55. The van der Waals surface area contributed by atoms with Crippen LogP contribution in [-0.2, 0) is 21.0 Å². The van der Waals surface area contributed by atoms with E-state index in [1.807, 2.05) is 0 Å². The summed E-state index contributed by atoms with van der Waals surface area (Å²) in [5.74, 6) is -0.635. The number of rotatable bonds is 7. The molecular formula is C27H22ClN3O6. The second kappa shape index (κ2) is 11.0. The Labute approximate surface area is 217 Å². The number of hydrogen-bond acceptors (Lipinski definition) is 6. The number of anilines is 2. The van der Waals surface area contributed by atoms with Gasteiger partial charge in [-0.2, -0.15) is 0 Å². The maximum absolute atomic E-state index is 13.1. The van der Waals surface area contributed by atoms with Crippen molar-refractivity contribution in [1.82, 2.24) is 5.32 Å². The number of benzene rings is 3. The van der Waals surface area contributed by atoms with E-state index >= 15 is 0 Å². The number of ether oxygens (including phenoxy) is 2. The van der Waals surface area contributed by atoms with E-state index in [1.165, 1.54) is 26.2 Å². The van der Waals surface area contributed by atoms with Gasteiger partial charge < -0.3 is 14.8 Å². The lowest BCUT2D eigenvalue weighted by Crippen LogP contribution is -2.54. The second-order valence-electron chi connectivity index (χ2n) is 8.00. The molecule has 3 aromatic rings. The van der Waals surface area contributed by atoms with Gasteiger partial charge in [0.05, 0.1) is 12.8 Å². The molecule has 1 aliphatic heterocycles. The minimum Gasteiger partial charge on any atom is -0.496 e. The first-order valence-electron chi connectivity index (χ1n) is 11.1. The number of carbonyl (C=O) groups is 4. The highest BCUT2D eigenvalue weighted by molar-refractivity contribution is 6.39. The molecule has 0 aromatic heterocycles. The van der Waals surface area contributed by atoms with Crippen molar-refractivity contribution in [3.8, 4) is 11.5 Å². The molecule has 3 aromatic carbocycles. The Morgan fingerprint density at radius 2 is 1.81 bits per heavy atom. The minimum atomic E-state index is -0.859. The molecule has 0 radical (unpaired) electrons. The van der Waals surface area contributed by atoms with Crippen LogP contribution in [0.5, 0.6) is 11.5 Å². The molecule has 1 heterocycles. The van der Waals surface area contributed by atoms with Crippen LogP contribution in [0, 0.1) is 0 Å². The van der Waals surface area contributed by atoms with Gasteiger partial charge in [0.15, 0.2) is 0 Å². The zero-order valence-electron chi connectivity index (χ0n) is 19.9. The van der Waals surface area contributed by atoms with Crippen LogP contribution in [0.3, 0.4) is 0 Å². The summed E-state index contributed by atoms with van der Waals surface area (Å²) >= 11 is 6.01. The largest absolute Gasteiger partial charge is 0.496 e. The van der Waals surface area contributed by atoms with E-state index in [4.69, 9.17) is 21.1 Å². The molecule has 37 heavy (non-hydrogen) atoms.